The molecule has 3 aromatic carbocycles. The minimum atomic E-state index is -0.215. The van der Waals surface area contributed by atoms with Crippen LogP contribution in [0.4, 0.5) is 5.13 Å². The van der Waals surface area contributed by atoms with E-state index in [0.29, 0.717) is 15.7 Å². The summed E-state index contributed by atoms with van der Waals surface area (Å²) in [5, 5.41) is 4.07. The molecule has 0 aliphatic heterocycles. The third-order valence-corrected chi connectivity index (χ3v) is 5.82. The zero-order valence-electron chi connectivity index (χ0n) is 16.3. The number of rotatable bonds is 6. The molecule has 6 heteroatoms. The number of anilines is 1. The fourth-order valence-corrected chi connectivity index (χ4v) is 4.19. The summed E-state index contributed by atoms with van der Waals surface area (Å²) in [6, 6.07) is 24.8. The molecule has 4 aromatic rings. The first kappa shape index (κ1) is 20.1. The Kier molecular flexibility index (Phi) is 6.12. The number of nitrogens with zero attached hydrogens (tertiary/aromatic N) is 1. The zero-order valence-corrected chi connectivity index (χ0v) is 17.8. The van der Waals surface area contributed by atoms with E-state index in [1.165, 1.54) is 16.9 Å². The lowest BCUT2D eigenvalue weighted by atomic mass is 10.1. The zero-order chi connectivity index (χ0) is 20.9. The molecule has 0 spiro atoms. The number of amides is 1. The van der Waals surface area contributed by atoms with Crippen molar-refractivity contribution in [3.63, 3.8) is 0 Å². The molecule has 1 N–H and O–H groups in total. The molecule has 0 aliphatic rings. The third-order valence-electron chi connectivity index (χ3n) is 4.60. The summed E-state index contributed by atoms with van der Waals surface area (Å²) in [6.07, 6.45) is 0.733. The van der Waals surface area contributed by atoms with Crippen LogP contribution in [-0.2, 0) is 6.42 Å². The van der Waals surface area contributed by atoms with Crippen LogP contribution >= 0.6 is 22.9 Å². The van der Waals surface area contributed by atoms with Gasteiger partial charge < -0.3 is 4.74 Å². The number of methoxy groups -OCH3 is 1. The summed E-state index contributed by atoms with van der Waals surface area (Å²) in [5.41, 5.74) is 3.56. The molecule has 0 saturated carbocycles. The molecule has 0 atom stereocenters. The Morgan fingerprint density at radius 2 is 1.70 bits per heavy atom. The van der Waals surface area contributed by atoms with Crippen molar-refractivity contribution in [1.82, 2.24) is 4.98 Å². The molecule has 0 aliphatic carbocycles. The van der Waals surface area contributed by atoms with E-state index < -0.39 is 0 Å². The van der Waals surface area contributed by atoms with Crippen LogP contribution in [0.2, 0.25) is 5.02 Å². The Morgan fingerprint density at radius 1 is 1.00 bits per heavy atom. The number of nitrogens with one attached hydrogen (secondary N) is 1. The van der Waals surface area contributed by atoms with Gasteiger partial charge in [-0.3, -0.25) is 10.1 Å². The molecule has 4 rings (SSSR count). The third kappa shape index (κ3) is 4.70. The Bertz CT molecular complexity index is 1140. The van der Waals surface area contributed by atoms with Gasteiger partial charge in [-0.15, -0.1) is 11.3 Å². The fourth-order valence-electron chi connectivity index (χ4n) is 3.05. The van der Waals surface area contributed by atoms with Gasteiger partial charge in [0.05, 0.1) is 12.8 Å². The van der Waals surface area contributed by atoms with E-state index in [1.807, 2.05) is 42.5 Å². The van der Waals surface area contributed by atoms with Gasteiger partial charge in [-0.2, -0.15) is 0 Å². The molecule has 0 fully saturated rings. The monoisotopic (exact) mass is 434 g/mol. The van der Waals surface area contributed by atoms with Gasteiger partial charge in [-0.25, -0.2) is 4.98 Å². The molecular weight excluding hydrogens is 416 g/mol. The number of carbonyl (C=O) groups is 1. The van der Waals surface area contributed by atoms with Crippen LogP contribution in [0.3, 0.4) is 0 Å². The lowest BCUT2D eigenvalue weighted by molar-refractivity contribution is 0.102. The highest BCUT2D eigenvalue weighted by atomic mass is 35.5. The van der Waals surface area contributed by atoms with Crippen LogP contribution in [0.25, 0.3) is 11.3 Å². The number of carbonyl (C=O) groups excluding carboxylic acids is 1. The molecule has 0 bridgehead atoms. The summed E-state index contributed by atoms with van der Waals surface area (Å²) in [5.74, 6) is 0.572. The van der Waals surface area contributed by atoms with E-state index in [4.69, 9.17) is 21.3 Å². The smallest absolute Gasteiger partial charge is 0.257 e. The maximum absolute atomic E-state index is 12.6. The summed E-state index contributed by atoms with van der Waals surface area (Å²) >= 11 is 7.40. The molecule has 150 valence electrons. The van der Waals surface area contributed by atoms with Gasteiger partial charge in [-0.05, 0) is 54.1 Å². The molecule has 0 unspecified atom stereocenters. The number of benzene rings is 3. The van der Waals surface area contributed by atoms with E-state index >= 15 is 0 Å². The average molecular weight is 435 g/mol. The molecule has 30 heavy (non-hydrogen) atoms. The van der Waals surface area contributed by atoms with Crippen LogP contribution in [0.5, 0.6) is 5.75 Å². The van der Waals surface area contributed by atoms with E-state index in [1.54, 1.807) is 31.4 Å². The van der Waals surface area contributed by atoms with E-state index in [0.717, 1.165) is 28.3 Å². The Labute approximate surface area is 184 Å². The van der Waals surface area contributed by atoms with Crippen molar-refractivity contribution in [3.05, 3.63) is 99.9 Å². The second-order valence-corrected chi connectivity index (χ2v) is 8.16. The number of hydrogen-bond donors (Lipinski definition) is 1. The van der Waals surface area contributed by atoms with Gasteiger partial charge >= 0.3 is 0 Å². The number of hydrogen-bond acceptors (Lipinski definition) is 4. The van der Waals surface area contributed by atoms with Crippen molar-refractivity contribution < 1.29 is 9.53 Å². The van der Waals surface area contributed by atoms with Gasteiger partial charge in [0.2, 0.25) is 0 Å². The average Bonchev–Trinajstić information content (AvgIpc) is 3.17. The Balaban J connectivity index is 1.65. The summed E-state index contributed by atoms with van der Waals surface area (Å²) < 4.78 is 5.26. The number of aromatic nitrogens is 1. The first-order valence-corrected chi connectivity index (χ1v) is 10.6. The van der Waals surface area contributed by atoms with Crippen molar-refractivity contribution in [2.75, 3.05) is 12.4 Å². The lowest BCUT2D eigenvalue weighted by Crippen LogP contribution is -2.11. The summed E-state index contributed by atoms with van der Waals surface area (Å²) in [7, 11) is 1.64. The minimum absolute atomic E-state index is 0.215. The van der Waals surface area contributed by atoms with E-state index in [-0.39, 0.29) is 5.91 Å². The molecule has 1 heterocycles. The van der Waals surface area contributed by atoms with Crippen LogP contribution < -0.4 is 10.1 Å². The van der Waals surface area contributed by atoms with Crippen molar-refractivity contribution in [2.45, 2.75) is 6.42 Å². The minimum Gasteiger partial charge on any atom is -0.497 e. The van der Waals surface area contributed by atoms with Crippen LogP contribution in [-0.4, -0.2) is 18.0 Å². The molecule has 1 amide bonds. The quantitative estimate of drug-likeness (QED) is 0.386. The first-order chi connectivity index (χ1) is 14.6. The second-order valence-electron chi connectivity index (χ2n) is 6.64. The SMILES string of the molecule is COc1ccc(-c2nc(NC(=O)c3ccc(Cl)cc3)sc2Cc2ccccc2)cc1. The first-order valence-electron chi connectivity index (χ1n) is 9.37. The van der Waals surface area contributed by atoms with Crippen LogP contribution in [0.15, 0.2) is 78.9 Å². The number of ether oxygens (including phenoxy) is 1. The number of halogens is 1. The molecule has 0 saturated heterocycles. The lowest BCUT2D eigenvalue weighted by Gasteiger charge is -2.04. The molecule has 0 radical (unpaired) electrons. The molecule has 1 aromatic heterocycles. The topological polar surface area (TPSA) is 51.2 Å². The standard InChI is InChI=1S/C24H19ClN2O2S/c1-29-20-13-9-17(10-14-20)22-21(15-16-5-3-2-4-6-16)30-24(26-22)27-23(28)18-7-11-19(25)12-8-18/h2-14H,15H2,1H3,(H,26,27,28). The summed E-state index contributed by atoms with van der Waals surface area (Å²) in [4.78, 5) is 18.4. The summed E-state index contributed by atoms with van der Waals surface area (Å²) in [6.45, 7) is 0. The maximum atomic E-state index is 12.6. The number of thiazole rings is 1. The van der Waals surface area contributed by atoms with Gasteiger partial charge in [0, 0.05) is 27.4 Å². The van der Waals surface area contributed by atoms with Crippen LogP contribution in [0.1, 0.15) is 20.8 Å². The highest BCUT2D eigenvalue weighted by Crippen LogP contribution is 2.34. The van der Waals surface area contributed by atoms with E-state index in [9.17, 15) is 4.79 Å². The predicted octanol–water partition coefficient (Wildman–Crippen LogP) is 6.32. The van der Waals surface area contributed by atoms with Crippen LogP contribution in [0, 0.1) is 0 Å². The fraction of sp³-hybridized carbons (Fsp3) is 0.0833. The van der Waals surface area contributed by atoms with E-state index in [2.05, 4.69) is 17.4 Å². The Morgan fingerprint density at radius 3 is 2.37 bits per heavy atom. The maximum Gasteiger partial charge on any atom is 0.257 e. The van der Waals surface area contributed by atoms with Crippen molar-refractivity contribution >= 4 is 34.0 Å². The van der Waals surface area contributed by atoms with Gasteiger partial charge in [0.25, 0.3) is 5.91 Å². The normalized spacial score (nSPS) is 10.6. The molecular formula is C24H19ClN2O2S. The van der Waals surface area contributed by atoms with Crippen molar-refractivity contribution in [3.8, 4) is 17.0 Å². The Hall–Kier alpha value is -3.15. The molecule has 4 nitrogen and oxygen atoms in total. The highest BCUT2D eigenvalue weighted by Gasteiger charge is 2.16. The van der Waals surface area contributed by atoms with Gasteiger partial charge in [-0.1, -0.05) is 41.9 Å². The van der Waals surface area contributed by atoms with Crippen molar-refractivity contribution in [2.24, 2.45) is 0 Å². The predicted molar refractivity (Wildman–Crippen MR) is 123 cm³/mol. The van der Waals surface area contributed by atoms with Gasteiger partial charge in [0.1, 0.15) is 5.75 Å². The highest BCUT2D eigenvalue weighted by molar-refractivity contribution is 7.16. The second kappa shape index (κ2) is 9.11. The van der Waals surface area contributed by atoms with Crippen molar-refractivity contribution in [1.29, 1.82) is 0 Å². The van der Waals surface area contributed by atoms with Gasteiger partial charge in [0.15, 0.2) is 5.13 Å². The largest absolute Gasteiger partial charge is 0.497 e.